The molecule has 0 aliphatic carbocycles. The second-order valence-electron chi connectivity index (χ2n) is 5.02. The van der Waals surface area contributed by atoms with E-state index in [2.05, 4.69) is 15.5 Å². The highest BCUT2D eigenvalue weighted by atomic mass is 16.5. The van der Waals surface area contributed by atoms with Gasteiger partial charge < -0.3 is 19.1 Å². The first-order valence-electron chi connectivity index (χ1n) is 7.36. The lowest BCUT2D eigenvalue weighted by Crippen LogP contribution is -2.38. The minimum absolute atomic E-state index is 0.231. The Morgan fingerprint density at radius 1 is 1.48 bits per heavy atom. The topological polar surface area (TPSA) is 99.2 Å². The predicted octanol–water partition coefficient (Wildman–Crippen LogP) is 0.920. The molecule has 0 aliphatic rings. The molecule has 124 valence electrons. The van der Waals surface area contributed by atoms with Gasteiger partial charge in [-0.25, -0.2) is 0 Å². The van der Waals surface area contributed by atoms with E-state index in [4.69, 9.17) is 9.26 Å². The van der Waals surface area contributed by atoms with E-state index in [9.17, 15) is 9.59 Å². The number of nitrogens with zero attached hydrogens (tertiary/aromatic N) is 3. The van der Waals surface area contributed by atoms with E-state index in [1.54, 1.807) is 26.3 Å². The molecule has 2 rings (SSSR count). The van der Waals surface area contributed by atoms with Crippen LogP contribution in [0.15, 0.2) is 27.6 Å². The summed E-state index contributed by atoms with van der Waals surface area (Å²) in [5, 5.41) is 6.48. The summed E-state index contributed by atoms with van der Waals surface area (Å²) in [6.45, 7) is 4.36. The Labute approximate surface area is 133 Å². The van der Waals surface area contributed by atoms with Gasteiger partial charge in [0.05, 0.1) is 12.2 Å². The zero-order valence-electron chi connectivity index (χ0n) is 13.4. The van der Waals surface area contributed by atoms with E-state index in [1.165, 1.54) is 10.6 Å². The molecule has 1 atom stereocenters. The Hall–Kier alpha value is -2.48. The van der Waals surface area contributed by atoms with Crippen LogP contribution in [0.1, 0.15) is 25.2 Å². The van der Waals surface area contributed by atoms with Crippen LogP contribution in [0.4, 0.5) is 0 Å². The fraction of sp³-hybridized carbons (Fsp3) is 0.467. The molecule has 0 spiro atoms. The van der Waals surface area contributed by atoms with Gasteiger partial charge in [-0.2, -0.15) is 4.98 Å². The van der Waals surface area contributed by atoms with Gasteiger partial charge in [-0.05, 0) is 19.4 Å². The lowest BCUT2D eigenvalue weighted by atomic mass is 10.2. The van der Waals surface area contributed by atoms with Gasteiger partial charge in [0.2, 0.25) is 5.91 Å². The smallest absolute Gasteiger partial charge is 0.259 e. The van der Waals surface area contributed by atoms with E-state index < -0.39 is 6.04 Å². The van der Waals surface area contributed by atoms with Gasteiger partial charge in [0.15, 0.2) is 5.82 Å². The van der Waals surface area contributed by atoms with Crippen molar-refractivity contribution in [2.75, 3.05) is 20.3 Å². The minimum atomic E-state index is -0.608. The Morgan fingerprint density at radius 2 is 2.26 bits per heavy atom. The molecule has 1 N–H and O–H groups in total. The van der Waals surface area contributed by atoms with E-state index in [0.29, 0.717) is 36.9 Å². The first kappa shape index (κ1) is 16.9. The SMILES string of the molecule is CC[C@H](C(=O)NCCOC)n1cc(-c2nc(C)no2)ccc1=O. The summed E-state index contributed by atoms with van der Waals surface area (Å²) < 4.78 is 11.4. The van der Waals surface area contributed by atoms with Crippen molar-refractivity contribution in [3.8, 4) is 11.5 Å². The lowest BCUT2D eigenvalue weighted by Gasteiger charge is -2.18. The molecule has 0 radical (unpaired) electrons. The van der Waals surface area contributed by atoms with Gasteiger partial charge in [0, 0.05) is 25.9 Å². The molecule has 8 nitrogen and oxygen atoms in total. The van der Waals surface area contributed by atoms with Crippen LogP contribution in [-0.2, 0) is 9.53 Å². The van der Waals surface area contributed by atoms with Gasteiger partial charge in [-0.1, -0.05) is 12.1 Å². The third-order valence-electron chi connectivity index (χ3n) is 3.34. The number of ether oxygens (including phenoxy) is 1. The van der Waals surface area contributed by atoms with E-state index in [1.807, 2.05) is 6.92 Å². The number of methoxy groups -OCH3 is 1. The van der Waals surface area contributed by atoms with Gasteiger partial charge in [0.1, 0.15) is 6.04 Å². The van der Waals surface area contributed by atoms with E-state index in [0.717, 1.165) is 0 Å². The number of aryl methyl sites for hydroxylation is 1. The maximum Gasteiger partial charge on any atom is 0.259 e. The standard InChI is InChI=1S/C15H20N4O4/c1-4-12(14(21)16-7-8-22-3)19-9-11(5-6-13(19)20)15-17-10(2)18-23-15/h5-6,9,12H,4,7-8H2,1-3H3,(H,16,21)/t12-/m1/s1. The Balaban J connectivity index is 2.29. The van der Waals surface area contributed by atoms with Crippen LogP contribution in [0, 0.1) is 6.92 Å². The molecule has 23 heavy (non-hydrogen) atoms. The monoisotopic (exact) mass is 320 g/mol. The van der Waals surface area contributed by atoms with Crippen LogP contribution in [0.2, 0.25) is 0 Å². The van der Waals surface area contributed by atoms with Crippen molar-refractivity contribution >= 4 is 5.91 Å². The highest BCUT2D eigenvalue weighted by molar-refractivity contribution is 5.80. The molecular formula is C15H20N4O4. The van der Waals surface area contributed by atoms with Crippen LogP contribution in [0.3, 0.4) is 0 Å². The third kappa shape index (κ3) is 4.04. The fourth-order valence-electron chi connectivity index (χ4n) is 2.19. The molecule has 0 unspecified atom stereocenters. The predicted molar refractivity (Wildman–Crippen MR) is 82.9 cm³/mol. The summed E-state index contributed by atoms with van der Waals surface area (Å²) in [6, 6.07) is 2.38. The average molecular weight is 320 g/mol. The van der Waals surface area contributed by atoms with Crippen molar-refractivity contribution in [3.63, 3.8) is 0 Å². The maximum absolute atomic E-state index is 12.3. The molecule has 2 aromatic heterocycles. The molecule has 0 saturated heterocycles. The van der Waals surface area contributed by atoms with Crippen LogP contribution in [0.25, 0.3) is 11.5 Å². The Bertz CT molecular complexity index is 722. The summed E-state index contributed by atoms with van der Waals surface area (Å²) >= 11 is 0. The van der Waals surface area contributed by atoms with Gasteiger partial charge >= 0.3 is 0 Å². The van der Waals surface area contributed by atoms with Crippen molar-refractivity contribution in [1.29, 1.82) is 0 Å². The molecule has 0 aliphatic heterocycles. The number of carbonyl (C=O) groups excluding carboxylic acids is 1. The van der Waals surface area contributed by atoms with Gasteiger partial charge in [0.25, 0.3) is 11.4 Å². The first-order valence-corrected chi connectivity index (χ1v) is 7.36. The number of rotatable bonds is 7. The normalized spacial score (nSPS) is 12.1. The Kier molecular flexibility index (Phi) is 5.64. The minimum Gasteiger partial charge on any atom is -0.383 e. The second kappa shape index (κ2) is 7.68. The van der Waals surface area contributed by atoms with Gasteiger partial charge in [-0.15, -0.1) is 0 Å². The van der Waals surface area contributed by atoms with Gasteiger partial charge in [-0.3, -0.25) is 9.59 Å². The average Bonchev–Trinajstić information content (AvgIpc) is 2.96. The molecule has 0 bridgehead atoms. The summed E-state index contributed by atoms with van der Waals surface area (Å²) in [5.74, 6) is 0.582. The first-order chi connectivity index (χ1) is 11.1. The number of pyridine rings is 1. The van der Waals surface area contributed by atoms with Crippen molar-refractivity contribution in [2.24, 2.45) is 0 Å². The molecule has 0 saturated carbocycles. The number of hydrogen-bond acceptors (Lipinski definition) is 6. The zero-order chi connectivity index (χ0) is 16.8. The fourth-order valence-corrected chi connectivity index (χ4v) is 2.19. The third-order valence-corrected chi connectivity index (χ3v) is 3.34. The number of amides is 1. The number of nitrogens with one attached hydrogen (secondary N) is 1. The molecule has 1 amide bonds. The number of aromatic nitrogens is 3. The lowest BCUT2D eigenvalue weighted by molar-refractivity contribution is -0.124. The molecular weight excluding hydrogens is 300 g/mol. The highest BCUT2D eigenvalue weighted by Crippen LogP contribution is 2.18. The van der Waals surface area contributed by atoms with E-state index in [-0.39, 0.29) is 11.5 Å². The van der Waals surface area contributed by atoms with Crippen molar-refractivity contribution in [2.45, 2.75) is 26.3 Å². The van der Waals surface area contributed by atoms with Crippen molar-refractivity contribution < 1.29 is 14.1 Å². The maximum atomic E-state index is 12.3. The Morgan fingerprint density at radius 3 is 2.87 bits per heavy atom. The molecule has 0 fully saturated rings. The van der Waals surface area contributed by atoms with Crippen LogP contribution < -0.4 is 10.9 Å². The molecule has 0 aromatic carbocycles. The van der Waals surface area contributed by atoms with Crippen LogP contribution >= 0.6 is 0 Å². The largest absolute Gasteiger partial charge is 0.383 e. The molecule has 8 heteroatoms. The number of hydrogen-bond donors (Lipinski definition) is 1. The van der Waals surface area contributed by atoms with E-state index >= 15 is 0 Å². The summed E-state index contributed by atoms with van der Waals surface area (Å²) in [6.07, 6.45) is 2.05. The molecule has 2 heterocycles. The second-order valence-corrected chi connectivity index (χ2v) is 5.02. The summed E-state index contributed by atoms with van der Waals surface area (Å²) in [4.78, 5) is 28.5. The summed E-state index contributed by atoms with van der Waals surface area (Å²) in [7, 11) is 1.56. The van der Waals surface area contributed by atoms with Crippen LogP contribution in [0.5, 0.6) is 0 Å². The highest BCUT2D eigenvalue weighted by Gasteiger charge is 2.20. The summed E-state index contributed by atoms with van der Waals surface area (Å²) in [5.41, 5.74) is 0.326. The molecule has 2 aromatic rings. The quantitative estimate of drug-likeness (QED) is 0.762. The number of carbonyl (C=O) groups is 1. The van der Waals surface area contributed by atoms with Crippen molar-refractivity contribution in [3.05, 3.63) is 34.5 Å². The zero-order valence-corrected chi connectivity index (χ0v) is 13.4. The van der Waals surface area contributed by atoms with Crippen LogP contribution in [-0.4, -0.2) is 40.9 Å². The van der Waals surface area contributed by atoms with Crippen molar-refractivity contribution in [1.82, 2.24) is 20.0 Å².